The Bertz CT molecular complexity index is 1570. The molecular weight excluding hydrogens is 626 g/mol. The zero-order valence-electron chi connectivity index (χ0n) is 28.3. The maximum absolute atomic E-state index is 12.7. The summed E-state index contributed by atoms with van der Waals surface area (Å²) < 4.78 is 16.8. The van der Waals surface area contributed by atoms with Gasteiger partial charge >= 0.3 is 18.0 Å². The Morgan fingerprint density at radius 1 is 0.959 bits per heavy atom. The quantitative estimate of drug-likeness (QED) is 0.182. The minimum Gasteiger partial charge on any atom is -0.492 e. The van der Waals surface area contributed by atoms with Crippen molar-refractivity contribution in [2.75, 3.05) is 39.4 Å². The molecule has 0 saturated carbocycles. The van der Waals surface area contributed by atoms with Crippen molar-refractivity contribution < 1.29 is 38.5 Å². The van der Waals surface area contributed by atoms with Crippen LogP contribution in [0, 0.1) is 0 Å². The number of carboxylic acid groups (broad SMARTS) is 1. The van der Waals surface area contributed by atoms with E-state index in [1.165, 1.54) is 0 Å². The fourth-order valence-corrected chi connectivity index (χ4v) is 6.50. The number of benzene rings is 3. The van der Waals surface area contributed by atoms with Crippen LogP contribution in [0.5, 0.6) is 5.75 Å². The van der Waals surface area contributed by atoms with E-state index in [4.69, 9.17) is 14.2 Å². The number of alkyl carbamates (subject to hydrolysis) is 1. The molecule has 2 amide bonds. The van der Waals surface area contributed by atoms with E-state index in [1.807, 2.05) is 74.2 Å². The van der Waals surface area contributed by atoms with E-state index < -0.39 is 23.7 Å². The monoisotopic (exact) mass is 671 g/mol. The molecule has 2 aliphatic rings. The lowest BCUT2D eigenvalue weighted by atomic mass is 9.98. The molecule has 5 rings (SSSR count). The Balaban J connectivity index is 1.05. The third kappa shape index (κ3) is 9.60. The number of rotatable bonds is 14. The minimum atomic E-state index is -1.18. The summed E-state index contributed by atoms with van der Waals surface area (Å²) in [6, 6.07) is 21.9. The molecule has 0 bridgehead atoms. The van der Waals surface area contributed by atoms with Gasteiger partial charge in [0, 0.05) is 31.5 Å². The van der Waals surface area contributed by atoms with Gasteiger partial charge in [-0.25, -0.2) is 9.59 Å². The molecule has 3 aromatic rings. The van der Waals surface area contributed by atoms with Crippen molar-refractivity contribution in [1.82, 2.24) is 15.1 Å². The lowest BCUT2D eigenvalue weighted by molar-refractivity contribution is -0.156. The molecule has 2 N–H and O–H groups in total. The number of fused-ring (bicyclic) bond motifs is 3. The number of piperidine rings is 1. The Morgan fingerprint density at radius 3 is 2.14 bits per heavy atom. The molecule has 1 saturated heterocycles. The van der Waals surface area contributed by atoms with Crippen LogP contribution in [0.3, 0.4) is 0 Å². The van der Waals surface area contributed by atoms with Crippen LogP contribution in [-0.4, -0.2) is 96.4 Å². The van der Waals surface area contributed by atoms with E-state index in [-0.39, 0.29) is 44.1 Å². The number of esters is 1. The molecule has 49 heavy (non-hydrogen) atoms. The number of likely N-dealkylation sites (tertiary alicyclic amines) is 1. The molecule has 0 aromatic heterocycles. The molecule has 1 aliphatic heterocycles. The van der Waals surface area contributed by atoms with Crippen LogP contribution in [0.15, 0.2) is 72.8 Å². The summed E-state index contributed by atoms with van der Waals surface area (Å²) in [5.41, 5.74) is 4.55. The fraction of sp³-hybridized carbons (Fsp3) is 0.421. The van der Waals surface area contributed by atoms with Crippen LogP contribution in [0.2, 0.25) is 0 Å². The van der Waals surface area contributed by atoms with Gasteiger partial charge in [0.15, 0.2) is 0 Å². The highest BCUT2D eigenvalue weighted by molar-refractivity contribution is 5.81. The first-order valence-electron chi connectivity index (χ1n) is 16.7. The Morgan fingerprint density at radius 2 is 1.57 bits per heavy atom. The number of amides is 2. The highest BCUT2D eigenvalue weighted by atomic mass is 16.6. The maximum atomic E-state index is 12.7. The average Bonchev–Trinajstić information content (AvgIpc) is 3.39. The number of nitrogens with zero attached hydrogens (tertiary/aromatic N) is 2. The number of carbonyl (C=O) groups excluding carboxylic acids is 3. The third-order valence-corrected chi connectivity index (χ3v) is 8.85. The first-order chi connectivity index (χ1) is 23.5. The van der Waals surface area contributed by atoms with Gasteiger partial charge in [0.25, 0.3) is 0 Å². The highest BCUT2D eigenvalue weighted by Crippen LogP contribution is 2.44. The molecule has 3 aromatic carbocycles. The van der Waals surface area contributed by atoms with Crippen molar-refractivity contribution in [3.8, 4) is 16.9 Å². The van der Waals surface area contributed by atoms with Crippen molar-refractivity contribution >= 4 is 24.4 Å². The number of nitrogens with one attached hydrogen (secondary N) is 1. The van der Waals surface area contributed by atoms with Crippen LogP contribution in [0.1, 0.15) is 56.2 Å². The number of carboxylic acids is 1. The molecule has 1 heterocycles. The molecule has 1 fully saturated rings. The van der Waals surface area contributed by atoms with E-state index in [9.17, 15) is 24.3 Å². The predicted octanol–water partition coefficient (Wildman–Crippen LogP) is 4.86. The first-order valence-corrected chi connectivity index (χ1v) is 16.7. The number of carbonyl (C=O) groups is 4. The summed E-state index contributed by atoms with van der Waals surface area (Å²) in [5.74, 6) is -0.962. The largest absolute Gasteiger partial charge is 0.492 e. The molecule has 260 valence electrons. The predicted molar refractivity (Wildman–Crippen MR) is 183 cm³/mol. The van der Waals surface area contributed by atoms with Crippen LogP contribution in [0.25, 0.3) is 11.1 Å². The standard InChI is InChI=1S/C38H45N3O8/c1-38(2,3)49-35(43)23-40-18-16-27(17-19-40)41(25-42)20-21-47-28-14-12-26(13-15-28)22-34(36(44)45)39-37(46)48-24-33-31-10-6-4-8-29(31)30-9-5-7-11-32(30)33/h4-15,25,27,33-34H,16-24H2,1-3H3,(H,39,46)(H,44,45)/t34-/m0/s1. The molecular formula is C38H45N3O8. The van der Waals surface area contributed by atoms with Gasteiger partial charge in [-0.3, -0.25) is 14.5 Å². The SMILES string of the molecule is CC(C)(C)OC(=O)CN1CCC(N(C=O)CCOc2ccc(C[C@H](NC(=O)OCC3c4ccccc4-c4ccccc43)C(=O)O)cc2)CC1. The van der Waals surface area contributed by atoms with Gasteiger partial charge in [-0.1, -0.05) is 60.7 Å². The molecule has 1 atom stereocenters. The lowest BCUT2D eigenvalue weighted by Gasteiger charge is -2.36. The van der Waals surface area contributed by atoms with Gasteiger partial charge in [0.2, 0.25) is 6.41 Å². The number of aliphatic carboxylic acids is 1. The van der Waals surface area contributed by atoms with Gasteiger partial charge in [0.1, 0.15) is 30.6 Å². The van der Waals surface area contributed by atoms with Crippen LogP contribution < -0.4 is 10.1 Å². The molecule has 0 radical (unpaired) electrons. The van der Waals surface area contributed by atoms with E-state index in [0.29, 0.717) is 30.9 Å². The molecule has 11 heteroatoms. The zero-order chi connectivity index (χ0) is 35.0. The van der Waals surface area contributed by atoms with Crippen molar-refractivity contribution in [2.45, 2.75) is 63.6 Å². The van der Waals surface area contributed by atoms with E-state index in [1.54, 1.807) is 29.2 Å². The van der Waals surface area contributed by atoms with Gasteiger partial charge < -0.3 is 29.5 Å². The second-order valence-corrected chi connectivity index (χ2v) is 13.5. The molecule has 0 spiro atoms. The van der Waals surface area contributed by atoms with E-state index >= 15 is 0 Å². The summed E-state index contributed by atoms with van der Waals surface area (Å²) in [4.78, 5) is 52.5. The summed E-state index contributed by atoms with van der Waals surface area (Å²) in [5, 5.41) is 12.3. The highest BCUT2D eigenvalue weighted by Gasteiger charge is 2.30. The molecule has 1 aliphatic carbocycles. The van der Waals surface area contributed by atoms with E-state index in [2.05, 4.69) is 5.32 Å². The van der Waals surface area contributed by atoms with E-state index in [0.717, 1.165) is 41.5 Å². The van der Waals surface area contributed by atoms with Crippen LogP contribution in [-0.2, 0) is 30.3 Å². The molecule has 11 nitrogen and oxygen atoms in total. The Kier molecular flexibility index (Phi) is 11.6. The number of hydrogen-bond acceptors (Lipinski definition) is 8. The van der Waals surface area contributed by atoms with Gasteiger partial charge in [-0.2, -0.15) is 0 Å². The first kappa shape index (κ1) is 35.4. The molecule has 0 unspecified atom stereocenters. The second-order valence-electron chi connectivity index (χ2n) is 13.5. The van der Waals surface area contributed by atoms with Crippen LogP contribution >= 0.6 is 0 Å². The third-order valence-electron chi connectivity index (χ3n) is 8.85. The Hall–Kier alpha value is -4.90. The van der Waals surface area contributed by atoms with Crippen molar-refractivity contribution in [1.29, 1.82) is 0 Å². The summed E-state index contributed by atoms with van der Waals surface area (Å²) in [6.45, 7) is 7.97. The maximum Gasteiger partial charge on any atom is 0.407 e. The van der Waals surface area contributed by atoms with Crippen molar-refractivity contribution in [2.24, 2.45) is 0 Å². The fourth-order valence-electron chi connectivity index (χ4n) is 6.50. The summed E-state index contributed by atoms with van der Waals surface area (Å²) in [7, 11) is 0. The average molecular weight is 672 g/mol. The number of hydrogen-bond donors (Lipinski definition) is 2. The van der Waals surface area contributed by atoms with Gasteiger partial charge in [-0.15, -0.1) is 0 Å². The van der Waals surface area contributed by atoms with Gasteiger partial charge in [0.05, 0.1) is 13.1 Å². The zero-order valence-corrected chi connectivity index (χ0v) is 28.3. The second kappa shape index (κ2) is 16.0. The Labute approximate surface area is 287 Å². The van der Waals surface area contributed by atoms with Crippen LogP contribution in [0.4, 0.5) is 4.79 Å². The summed E-state index contributed by atoms with van der Waals surface area (Å²) >= 11 is 0. The lowest BCUT2D eigenvalue weighted by Crippen LogP contribution is -2.47. The topological polar surface area (TPSA) is 135 Å². The van der Waals surface area contributed by atoms with Crippen molar-refractivity contribution in [3.63, 3.8) is 0 Å². The minimum absolute atomic E-state index is 0.0609. The number of ether oxygens (including phenoxy) is 3. The summed E-state index contributed by atoms with van der Waals surface area (Å²) in [6.07, 6.45) is 1.63. The smallest absolute Gasteiger partial charge is 0.407 e. The van der Waals surface area contributed by atoms with Gasteiger partial charge in [-0.05, 0) is 73.6 Å². The van der Waals surface area contributed by atoms with Crippen molar-refractivity contribution in [3.05, 3.63) is 89.5 Å². The normalized spacial score (nSPS) is 15.4.